The number of benzene rings is 1. The standard InChI is InChI=1S/C19H17N3O2S/c23-18-10-16(17-6-3-9-25-17)20-13-22(18)12-19(24)21-8-7-14-4-1-2-5-15(14)11-21/h1-6,9-10,13H,7-8,11-12H2. The highest BCUT2D eigenvalue weighted by Crippen LogP contribution is 2.21. The van der Waals surface area contributed by atoms with Crippen LogP contribution in [0, 0.1) is 0 Å². The fraction of sp³-hybridized carbons (Fsp3) is 0.211. The Labute approximate surface area is 149 Å². The highest BCUT2D eigenvalue weighted by molar-refractivity contribution is 7.13. The Morgan fingerprint density at radius 3 is 2.76 bits per heavy atom. The van der Waals surface area contributed by atoms with E-state index < -0.39 is 0 Å². The molecule has 0 radical (unpaired) electrons. The molecule has 25 heavy (non-hydrogen) atoms. The van der Waals surface area contributed by atoms with Crippen molar-refractivity contribution in [3.63, 3.8) is 0 Å². The van der Waals surface area contributed by atoms with Crippen LogP contribution in [0.15, 0.2) is 59.0 Å². The first-order chi connectivity index (χ1) is 12.2. The van der Waals surface area contributed by atoms with Gasteiger partial charge in [0, 0.05) is 19.2 Å². The molecule has 3 aromatic rings. The summed E-state index contributed by atoms with van der Waals surface area (Å²) in [6.45, 7) is 1.31. The third kappa shape index (κ3) is 3.25. The van der Waals surface area contributed by atoms with Crippen molar-refractivity contribution in [3.05, 3.63) is 75.7 Å². The lowest BCUT2D eigenvalue weighted by atomic mass is 10.00. The Hall–Kier alpha value is -2.73. The molecule has 0 fully saturated rings. The Balaban J connectivity index is 1.49. The molecular weight excluding hydrogens is 334 g/mol. The summed E-state index contributed by atoms with van der Waals surface area (Å²) in [7, 11) is 0. The minimum absolute atomic E-state index is 0.0265. The van der Waals surface area contributed by atoms with Crippen molar-refractivity contribution in [2.75, 3.05) is 6.54 Å². The molecule has 0 saturated carbocycles. The van der Waals surface area contributed by atoms with Gasteiger partial charge in [0.25, 0.3) is 5.56 Å². The minimum atomic E-state index is -0.204. The van der Waals surface area contributed by atoms with Gasteiger partial charge < -0.3 is 4.90 Å². The van der Waals surface area contributed by atoms with Crippen molar-refractivity contribution in [2.24, 2.45) is 0 Å². The molecule has 0 N–H and O–H groups in total. The highest BCUT2D eigenvalue weighted by Gasteiger charge is 2.20. The molecule has 2 aromatic heterocycles. The Morgan fingerprint density at radius 2 is 2.00 bits per heavy atom. The van der Waals surface area contributed by atoms with Crippen molar-refractivity contribution >= 4 is 17.2 Å². The molecule has 0 spiro atoms. The summed E-state index contributed by atoms with van der Waals surface area (Å²) >= 11 is 1.53. The van der Waals surface area contributed by atoms with E-state index in [1.165, 1.54) is 39.4 Å². The molecule has 6 heteroatoms. The maximum Gasteiger partial charge on any atom is 0.254 e. The van der Waals surface area contributed by atoms with Crippen LogP contribution in [0.4, 0.5) is 0 Å². The number of carbonyl (C=O) groups is 1. The number of aromatic nitrogens is 2. The lowest BCUT2D eigenvalue weighted by molar-refractivity contribution is -0.132. The topological polar surface area (TPSA) is 55.2 Å². The van der Waals surface area contributed by atoms with Gasteiger partial charge in [-0.25, -0.2) is 4.98 Å². The first-order valence-corrected chi connectivity index (χ1v) is 9.03. The van der Waals surface area contributed by atoms with E-state index in [0.717, 1.165) is 11.3 Å². The summed E-state index contributed by atoms with van der Waals surface area (Å²) in [5.41, 5.74) is 2.92. The van der Waals surface area contributed by atoms with Crippen LogP contribution in [0.1, 0.15) is 11.1 Å². The van der Waals surface area contributed by atoms with E-state index in [1.54, 1.807) is 0 Å². The van der Waals surface area contributed by atoms with E-state index >= 15 is 0 Å². The lowest BCUT2D eigenvalue weighted by Gasteiger charge is -2.29. The average Bonchev–Trinajstić information content (AvgIpc) is 3.17. The van der Waals surface area contributed by atoms with Crippen molar-refractivity contribution in [1.82, 2.24) is 14.5 Å². The second-order valence-electron chi connectivity index (χ2n) is 6.05. The van der Waals surface area contributed by atoms with Crippen molar-refractivity contribution < 1.29 is 4.79 Å². The van der Waals surface area contributed by atoms with Gasteiger partial charge in [0.15, 0.2) is 0 Å². The molecule has 3 heterocycles. The largest absolute Gasteiger partial charge is 0.336 e. The maximum absolute atomic E-state index is 12.6. The van der Waals surface area contributed by atoms with Crippen LogP contribution >= 0.6 is 11.3 Å². The molecule has 4 rings (SSSR count). The maximum atomic E-state index is 12.6. The van der Waals surface area contributed by atoms with Crippen LogP contribution in [0.5, 0.6) is 0 Å². The van der Waals surface area contributed by atoms with E-state index in [2.05, 4.69) is 17.1 Å². The number of rotatable bonds is 3. The number of amides is 1. The second-order valence-corrected chi connectivity index (χ2v) is 7.00. The highest BCUT2D eigenvalue weighted by atomic mass is 32.1. The van der Waals surface area contributed by atoms with Crippen LogP contribution < -0.4 is 5.56 Å². The molecule has 0 unspecified atom stereocenters. The van der Waals surface area contributed by atoms with Crippen LogP contribution in [0.3, 0.4) is 0 Å². The van der Waals surface area contributed by atoms with Crippen LogP contribution in [0.25, 0.3) is 10.6 Å². The van der Waals surface area contributed by atoms with Gasteiger partial charge in [0.05, 0.1) is 16.9 Å². The van der Waals surface area contributed by atoms with Gasteiger partial charge in [-0.2, -0.15) is 0 Å². The summed E-state index contributed by atoms with van der Waals surface area (Å²) in [6.07, 6.45) is 2.32. The summed E-state index contributed by atoms with van der Waals surface area (Å²) in [6, 6.07) is 13.5. The number of nitrogens with zero attached hydrogens (tertiary/aromatic N) is 3. The van der Waals surface area contributed by atoms with E-state index in [1.807, 2.05) is 34.5 Å². The zero-order valence-electron chi connectivity index (χ0n) is 13.6. The van der Waals surface area contributed by atoms with E-state index in [-0.39, 0.29) is 18.0 Å². The monoisotopic (exact) mass is 351 g/mol. The third-order valence-electron chi connectivity index (χ3n) is 4.44. The average molecular weight is 351 g/mol. The van der Waals surface area contributed by atoms with Gasteiger partial charge in [-0.05, 0) is 29.0 Å². The quantitative estimate of drug-likeness (QED) is 0.729. The van der Waals surface area contributed by atoms with Crippen LogP contribution in [-0.2, 0) is 24.3 Å². The van der Waals surface area contributed by atoms with Gasteiger partial charge in [-0.1, -0.05) is 30.3 Å². The second kappa shape index (κ2) is 6.64. The molecule has 1 amide bonds. The zero-order chi connectivity index (χ0) is 17.2. The molecule has 5 nitrogen and oxygen atoms in total. The van der Waals surface area contributed by atoms with Gasteiger partial charge in [0.2, 0.25) is 5.91 Å². The normalized spacial score (nSPS) is 13.5. The Kier molecular flexibility index (Phi) is 4.19. The number of thiophene rings is 1. The summed E-state index contributed by atoms with van der Waals surface area (Å²) in [5, 5.41) is 1.94. The number of hydrogen-bond donors (Lipinski definition) is 0. The number of carbonyl (C=O) groups excluding carboxylic acids is 1. The molecule has 1 aromatic carbocycles. The smallest absolute Gasteiger partial charge is 0.254 e. The molecule has 1 aliphatic heterocycles. The van der Waals surface area contributed by atoms with E-state index in [4.69, 9.17) is 0 Å². The van der Waals surface area contributed by atoms with Crippen molar-refractivity contribution in [2.45, 2.75) is 19.5 Å². The minimum Gasteiger partial charge on any atom is -0.336 e. The van der Waals surface area contributed by atoms with Gasteiger partial charge in [-0.15, -0.1) is 11.3 Å². The first kappa shape index (κ1) is 15.8. The fourth-order valence-corrected chi connectivity index (χ4v) is 3.75. The Bertz CT molecular complexity index is 963. The van der Waals surface area contributed by atoms with Gasteiger partial charge in [0.1, 0.15) is 6.54 Å². The lowest BCUT2D eigenvalue weighted by Crippen LogP contribution is -2.39. The Morgan fingerprint density at radius 1 is 1.16 bits per heavy atom. The number of fused-ring (bicyclic) bond motifs is 1. The third-order valence-corrected chi connectivity index (χ3v) is 5.33. The fourth-order valence-electron chi connectivity index (χ4n) is 3.06. The molecular formula is C19H17N3O2S. The first-order valence-electron chi connectivity index (χ1n) is 8.15. The van der Waals surface area contributed by atoms with Crippen molar-refractivity contribution in [1.29, 1.82) is 0 Å². The molecule has 0 bridgehead atoms. The molecule has 126 valence electrons. The molecule has 1 aliphatic rings. The SMILES string of the molecule is O=C(Cn1cnc(-c2cccs2)cc1=O)N1CCc2ccccc2C1. The summed E-state index contributed by atoms with van der Waals surface area (Å²) in [4.78, 5) is 32.0. The predicted octanol–water partition coefficient (Wildman–Crippen LogP) is 2.56. The van der Waals surface area contributed by atoms with Gasteiger partial charge >= 0.3 is 0 Å². The van der Waals surface area contributed by atoms with Crippen LogP contribution in [0.2, 0.25) is 0 Å². The molecule has 0 saturated heterocycles. The van der Waals surface area contributed by atoms with E-state index in [0.29, 0.717) is 18.8 Å². The van der Waals surface area contributed by atoms with Gasteiger partial charge in [-0.3, -0.25) is 14.2 Å². The van der Waals surface area contributed by atoms with Crippen molar-refractivity contribution in [3.8, 4) is 10.6 Å². The predicted molar refractivity (Wildman–Crippen MR) is 97.4 cm³/mol. The summed E-state index contributed by atoms with van der Waals surface area (Å²) in [5.74, 6) is -0.0534. The molecule has 0 aliphatic carbocycles. The molecule has 0 atom stereocenters. The van der Waals surface area contributed by atoms with Crippen LogP contribution in [-0.4, -0.2) is 26.9 Å². The summed E-state index contributed by atoms with van der Waals surface area (Å²) < 4.78 is 1.37. The van der Waals surface area contributed by atoms with E-state index in [9.17, 15) is 9.59 Å². The zero-order valence-corrected chi connectivity index (χ0v) is 14.4. The number of hydrogen-bond acceptors (Lipinski definition) is 4.